The SMILES string of the molecule is CCCCOc1ccc(C(=O)N=c2sc3cc(Cl)ccc3n2C)cc1. The van der Waals surface area contributed by atoms with Crippen molar-refractivity contribution < 1.29 is 9.53 Å². The van der Waals surface area contributed by atoms with E-state index in [0.717, 1.165) is 28.8 Å². The van der Waals surface area contributed by atoms with Crippen molar-refractivity contribution >= 4 is 39.1 Å². The molecule has 0 saturated carbocycles. The molecule has 0 radical (unpaired) electrons. The first-order valence-corrected chi connectivity index (χ1v) is 9.35. The summed E-state index contributed by atoms with van der Waals surface area (Å²) < 4.78 is 8.51. The lowest BCUT2D eigenvalue weighted by Gasteiger charge is -2.05. The maximum atomic E-state index is 12.4. The fourth-order valence-electron chi connectivity index (χ4n) is 2.39. The molecule has 0 aliphatic rings. The minimum atomic E-state index is -0.270. The van der Waals surface area contributed by atoms with Crippen molar-refractivity contribution in [1.82, 2.24) is 4.57 Å². The first-order chi connectivity index (χ1) is 12.1. The lowest BCUT2D eigenvalue weighted by Crippen LogP contribution is -2.13. The number of unbranched alkanes of at least 4 members (excludes halogenated alkanes) is 1. The van der Waals surface area contributed by atoms with Crippen molar-refractivity contribution in [2.75, 3.05) is 6.61 Å². The molecule has 0 fully saturated rings. The van der Waals surface area contributed by atoms with Gasteiger partial charge in [-0.3, -0.25) is 4.79 Å². The van der Waals surface area contributed by atoms with E-state index in [1.807, 2.05) is 41.9 Å². The highest BCUT2D eigenvalue weighted by Crippen LogP contribution is 2.21. The molecule has 0 atom stereocenters. The molecule has 0 saturated heterocycles. The number of amides is 1. The average Bonchev–Trinajstić information content (AvgIpc) is 2.90. The van der Waals surface area contributed by atoms with Crippen molar-refractivity contribution in [1.29, 1.82) is 0 Å². The number of aryl methyl sites for hydroxylation is 1. The molecule has 0 N–H and O–H groups in total. The third kappa shape index (κ3) is 4.11. The molecule has 25 heavy (non-hydrogen) atoms. The van der Waals surface area contributed by atoms with Gasteiger partial charge in [-0.2, -0.15) is 4.99 Å². The van der Waals surface area contributed by atoms with Gasteiger partial charge in [-0.05, 0) is 48.9 Å². The first kappa shape index (κ1) is 17.7. The van der Waals surface area contributed by atoms with Gasteiger partial charge in [0.05, 0.1) is 16.8 Å². The number of aromatic nitrogens is 1. The summed E-state index contributed by atoms with van der Waals surface area (Å²) in [6.07, 6.45) is 2.11. The largest absolute Gasteiger partial charge is 0.494 e. The Balaban J connectivity index is 1.84. The van der Waals surface area contributed by atoms with Crippen LogP contribution in [-0.4, -0.2) is 17.1 Å². The van der Waals surface area contributed by atoms with Crippen molar-refractivity contribution in [2.24, 2.45) is 12.0 Å². The molecule has 0 aliphatic heterocycles. The van der Waals surface area contributed by atoms with Crippen LogP contribution in [0, 0.1) is 0 Å². The van der Waals surface area contributed by atoms with Crippen LogP contribution in [0.3, 0.4) is 0 Å². The van der Waals surface area contributed by atoms with Gasteiger partial charge in [-0.15, -0.1) is 0 Å². The Morgan fingerprint density at radius 2 is 2.00 bits per heavy atom. The average molecular weight is 375 g/mol. The predicted octanol–water partition coefficient (Wildman–Crippen LogP) is 4.81. The van der Waals surface area contributed by atoms with Crippen molar-refractivity contribution in [2.45, 2.75) is 19.8 Å². The van der Waals surface area contributed by atoms with Gasteiger partial charge in [-0.1, -0.05) is 36.3 Å². The molecule has 1 heterocycles. The number of hydrogen-bond acceptors (Lipinski definition) is 3. The van der Waals surface area contributed by atoms with E-state index in [9.17, 15) is 4.79 Å². The maximum Gasteiger partial charge on any atom is 0.279 e. The van der Waals surface area contributed by atoms with Crippen LogP contribution >= 0.6 is 22.9 Å². The van der Waals surface area contributed by atoms with E-state index in [4.69, 9.17) is 16.3 Å². The molecule has 1 amide bonds. The number of fused-ring (bicyclic) bond motifs is 1. The summed E-state index contributed by atoms with van der Waals surface area (Å²) in [7, 11) is 1.89. The fourth-order valence-corrected chi connectivity index (χ4v) is 3.69. The number of nitrogens with zero attached hydrogens (tertiary/aromatic N) is 2. The molecule has 3 aromatic rings. The minimum Gasteiger partial charge on any atom is -0.494 e. The Kier molecular flexibility index (Phi) is 5.56. The zero-order chi connectivity index (χ0) is 17.8. The summed E-state index contributed by atoms with van der Waals surface area (Å²) in [5.41, 5.74) is 1.54. The molecule has 3 rings (SSSR count). The van der Waals surface area contributed by atoms with Gasteiger partial charge in [-0.25, -0.2) is 0 Å². The third-order valence-corrected chi connectivity index (χ3v) is 5.17. The van der Waals surface area contributed by atoms with Gasteiger partial charge in [0.15, 0.2) is 4.80 Å². The predicted molar refractivity (Wildman–Crippen MR) is 103 cm³/mol. The van der Waals surface area contributed by atoms with E-state index in [0.29, 0.717) is 22.0 Å². The third-order valence-electron chi connectivity index (χ3n) is 3.84. The molecule has 0 aliphatic carbocycles. The topological polar surface area (TPSA) is 43.6 Å². The number of carbonyl (C=O) groups is 1. The summed E-state index contributed by atoms with van der Waals surface area (Å²) in [6.45, 7) is 2.81. The highest BCUT2D eigenvalue weighted by atomic mass is 35.5. The van der Waals surface area contributed by atoms with E-state index in [-0.39, 0.29) is 5.91 Å². The van der Waals surface area contributed by atoms with Crippen LogP contribution in [0.4, 0.5) is 0 Å². The standard InChI is InChI=1S/C19H19ClN2O2S/c1-3-4-11-24-15-8-5-13(6-9-15)18(23)21-19-22(2)16-10-7-14(20)12-17(16)25-19/h5-10,12H,3-4,11H2,1-2H3. The normalized spacial score (nSPS) is 11.9. The van der Waals surface area contributed by atoms with E-state index in [1.165, 1.54) is 11.3 Å². The summed E-state index contributed by atoms with van der Waals surface area (Å²) in [6, 6.07) is 12.8. The molecule has 130 valence electrons. The van der Waals surface area contributed by atoms with Crippen molar-refractivity contribution in [3.63, 3.8) is 0 Å². The van der Waals surface area contributed by atoms with Crippen LogP contribution in [0.25, 0.3) is 10.2 Å². The number of halogens is 1. The zero-order valence-corrected chi connectivity index (χ0v) is 15.7. The van der Waals surface area contributed by atoms with Gasteiger partial charge in [0.25, 0.3) is 5.91 Å². The van der Waals surface area contributed by atoms with E-state index in [2.05, 4.69) is 11.9 Å². The molecule has 1 aromatic heterocycles. The number of thiazole rings is 1. The number of rotatable bonds is 5. The second kappa shape index (κ2) is 7.85. The van der Waals surface area contributed by atoms with Gasteiger partial charge in [0.2, 0.25) is 0 Å². The maximum absolute atomic E-state index is 12.4. The van der Waals surface area contributed by atoms with E-state index >= 15 is 0 Å². The van der Waals surface area contributed by atoms with Gasteiger partial charge >= 0.3 is 0 Å². The highest BCUT2D eigenvalue weighted by Gasteiger charge is 2.08. The van der Waals surface area contributed by atoms with Crippen LogP contribution in [0.1, 0.15) is 30.1 Å². The molecular formula is C19H19ClN2O2S. The molecule has 6 heteroatoms. The Labute approximate surface area is 155 Å². The lowest BCUT2D eigenvalue weighted by atomic mass is 10.2. The Morgan fingerprint density at radius 3 is 2.72 bits per heavy atom. The number of hydrogen-bond donors (Lipinski definition) is 0. The van der Waals surface area contributed by atoms with E-state index < -0.39 is 0 Å². The Morgan fingerprint density at radius 1 is 1.24 bits per heavy atom. The highest BCUT2D eigenvalue weighted by molar-refractivity contribution is 7.16. The van der Waals surface area contributed by atoms with Crippen LogP contribution in [0.2, 0.25) is 5.02 Å². The van der Waals surface area contributed by atoms with Crippen LogP contribution in [-0.2, 0) is 7.05 Å². The first-order valence-electron chi connectivity index (χ1n) is 8.15. The smallest absolute Gasteiger partial charge is 0.279 e. The van der Waals surface area contributed by atoms with Crippen molar-refractivity contribution in [3.05, 3.63) is 57.9 Å². The van der Waals surface area contributed by atoms with Gasteiger partial charge < -0.3 is 9.30 Å². The quantitative estimate of drug-likeness (QED) is 0.601. The molecular weight excluding hydrogens is 356 g/mol. The second-order valence-electron chi connectivity index (χ2n) is 5.70. The Hall–Kier alpha value is -2.11. The molecule has 0 bridgehead atoms. The van der Waals surface area contributed by atoms with E-state index in [1.54, 1.807) is 12.1 Å². The summed E-state index contributed by atoms with van der Waals surface area (Å²) in [4.78, 5) is 17.3. The minimum absolute atomic E-state index is 0.270. The number of carbonyl (C=O) groups excluding carboxylic acids is 1. The molecule has 2 aromatic carbocycles. The fraction of sp³-hybridized carbons (Fsp3) is 0.263. The summed E-state index contributed by atoms with van der Waals surface area (Å²) >= 11 is 7.47. The van der Waals surface area contributed by atoms with Gasteiger partial charge in [0, 0.05) is 17.6 Å². The molecule has 4 nitrogen and oxygen atoms in total. The van der Waals surface area contributed by atoms with Crippen LogP contribution < -0.4 is 9.54 Å². The Bertz CT molecular complexity index is 958. The summed E-state index contributed by atoms with van der Waals surface area (Å²) in [5.74, 6) is 0.500. The number of ether oxygens (including phenoxy) is 1. The molecule has 0 unspecified atom stereocenters. The summed E-state index contributed by atoms with van der Waals surface area (Å²) in [5, 5.41) is 0.672. The number of benzene rings is 2. The molecule has 0 spiro atoms. The second-order valence-corrected chi connectivity index (χ2v) is 7.14. The van der Waals surface area contributed by atoms with Gasteiger partial charge in [0.1, 0.15) is 5.75 Å². The zero-order valence-electron chi connectivity index (χ0n) is 14.2. The van der Waals surface area contributed by atoms with Crippen LogP contribution in [0.5, 0.6) is 5.75 Å². The lowest BCUT2D eigenvalue weighted by molar-refractivity contribution is 0.0998. The van der Waals surface area contributed by atoms with Crippen LogP contribution in [0.15, 0.2) is 47.5 Å². The monoisotopic (exact) mass is 374 g/mol. The van der Waals surface area contributed by atoms with Crippen molar-refractivity contribution in [3.8, 4) is 5.75 Å².